The van der Waals surface area contributed by atoms with E-state index in [0.717, 1.165) is 52.0 Å². The molecule has 1 atom stereocenters. The third kappa shape index (κ3) is 6.91. The Labute approximate surface area is 215 Å². The Balaban J connectivity index is 1.74. The second-order valence-corrected chi connectivity index (χ2v) is 11.5. The predicted molar refractivity (Wildman–Crippen MR) is 137 cm³/mol. The smallest absolute Gasteiger partial charge is 0.263 e. The highest BCUT2D eigenvalue weighted by molar-refractivity contribution is 9.10. The van der Waals surface area contributed by atoms with Gasteiger partial charge in [0.15, 0.2) is 0 Å². The standard InChI is InChI=1S/C25H32BrN3O5S/c1-2-3-4-5-6-7-16-28-17-23(25(31)27-32)29(18-24(28)30)35(33,34)22-14-10-20(11-15-22)19-8-12-21(26)13-9-19/h8-15,23,32H,2-7,16-18H2,1H3,(H,27,31). The van der Waals surface area contributed by atoms with Gasteiger partial charge in [-0.25, -0.2) is 13.9 Å². The molecule has 1 saturated heterocycles. The lowest BCUT2D eigenvalue weighted by atomic mass is 10.1. The SMILES string of the molecule is CCCCCCCCN1CC(C(=O)NO)N(S(=O)(=O)c2ccc(-c3ccc(Br)cc3)cc2)CC1=O. The molecule has 2 aromatic carbocycles. The first-order valence-electron chi connectivity index (χ1n) is 11.9. The molecular weight excluding hydrogens is 534 g/mol. The fourth-order valence-electron chi connectivity index (χ4n) is 4.18. The summed E-state index contributed by atoms with van der Waals surface area (Å²) in [5.74, 6) is -1.21. The van der Waals surface area contributed by atoms with Crippen molar-refractivity contribution in [3.05, 3.63) is 53.0 Å². The van der Waals surface area contributed by atoms with Crippen LogP contribution in [0.5, 0.6) is 0 Å². The van der Waals surface area contributed by atoms with Gasteiger partial charge in [0.2, 0.25) is 15.9 Å². The number of nitrogens with one attached hydrogen (secondary N) is 1. The van der Waals surface area contributed by atoms with Crippen LogP contribution >= 0.6 is 15.9 Å². The number of benzene rings is 2. The first-order valence-corrected chi connectivity index (χ1v) is 14.1. The molecule has 0 saturated carbocycles. The molecule has 0 radical (unpaired) electrons. The van der Waals surface area contributed by atoms with Gasteiger partial charge in [0.1, 0.15) is 6.04 Å². The fraction of sp³-hybridized carbons (Fsp3) is 0.440. The zero-order chi connectivity index (χ0) is 25.4. The van der Waals surface area contributed by atoms with Crippen LogP contribution in [-0.4, -0.2) is 60.3 Å². The van der Waals surface area contributed by atoms with Crippen LogP contribution in [0.25, 0.3) is 11.1 Å². The molecule has 0 aromatic heterocycles. The molecule has 1 unspecified atom stereocenters. The van der Waals surface area contributed by atoms with Crippen molar-refractivity contribution in [2.75, 3.05) is 19.6 Å². The minimum Gasteiger partial charge on any atom is -0.339 e. The highest BCUT2D eigenvalue weighted by Gasteiger charge is 2.43. The minimum absolute atomic E-state index is 0.0220. The third-order valence-electron chi connectivity index (χ3n) is 6.22. The quantitative estimate of drug-likeness (QED) is 0.241. The molecular formula is C25H32BrN3O5S. The lowest BCUT2D eigenvalue weighted by molar-refractivity contribution is -0.143. The zero-order valence-corrected chi connectivity index (χ0v) is 22.2. The zero-order valence-electron chi connectivity index (χ0n) is 19.8. The molecule has 1 aliphatic rings. The number of unbranched alkanes of at least 4 members (excludes halogenated alkanes) is 5. The van der Waals surface area contributed by atoms with E-state index in [1.807, 2.05) is 24.3 Å². The van der Waals surface area contributed by atoms with Gasteiger partial charge in [-0.2, -0.15) is 4.31 Å². The molecule has 2 amide bonds. The Kier molecular flexibility index (Phi) is 9.85. The number of nitrogens with zero attached hydrogens (tertiary/aromatic N) is 2. The highest BCUT2D eigenvalue weighted by atomic mass is 79.9. The Morgan fingerprint density at radius 3 is 2.17 bits per heavy atom. The third-order valence-corrected chi connectivity index (χ3v) is 8.62. The number of sulfonamides is 1. The molecule has 2 N–H and O–H groups in total. The normalized spacial score (nSPS) is 16.9. The van der Waals surface area contributed by atoms with Gasteiger partial charge < -0.3 is 4.90 Å². The van der Waals surface area contributed by atoms with Crippen LogP contribution in [-0.2, 0) is 19.6 Å². The van der Waals surface area contributed by atoms with E-state index >= 15 is 0 Å². The summed E-state index contributed by atoms with van der Waals surface area (Å²) in [6.07, 6.45) is 6.30. The first-order chi connectivity index (χ1) is 16.8. The predicted octanol–water partition coefficient (Wildman–Crippen LogP) is 4.18. The number of hydrogen-bond acceptors (Lipinski definition) is 5. The highest BCUT2D eigenvalue weighted by Crippen LogP contribution is 2.27. The lowest BCUT2D eigenvalue weighted by Crippen LogP contribution is -2.62. The van der Waals surface area contributed by atoms with Crippen LogP contribution in [0.15, 0.2) is 57.9 Å². The Hall–Kier alpha value is -2.27. The summed E-state index contributed by atoms with van der Waals surface area (Å²) in [6.45, 7) is 2.05. The number of carbonyl (C=O) groups is 2. The maximum atomic E-state index is 13.4. The first kappa shape index (κ1) is 27.3. The summed E-state index contributed by atoms with van der Waals surface area (Å²) < 4.78 is 28.6. The Morgan fingerprint density at radius 1 is 1.00 bits per heavy atom. The Morgan fingerprint density at radius 2 is 1.57 bits per heavy atom. The molecule has 35 heavy (non-hydrogen) atoms. The molecule has 190 valence electrons. The number of amides is 2. The number of halogens is 1. The van der Waals surface area contributed by atoms with Gasteiger partial charge in [-0.05, 0) is 41.8 Å². The summed E-state index contributed by atoms with van der Waals surface area (Å²) in [4.78, 5) is 26.7. The minimum atomic E-state index is -4.16. The average Bonchev–Trinajstić information content (AvgIpc) is 2.86. The molecule has 1 heterocycles. The van der Waals surface area contributed by atoms with Crippen LogP contribution in [0.1, 0.15) is 45.4 Å². The molecule has 0 bridgehead atoms. The van der Waals surface area contributed by atoms with E-state index in [0.29, 0.717) is 6.54 Å². The molecule has 1 fully saturated rings. The Bertz CT molecular complexity index is 1110. The summed E-state index contributed by atoms with van der Waals surface area (Å²) in [6, 6.07) is 12.7. The van der Waals surface area contributed by atoms with Crippen LogP contribution in [0, 0.1) is 0 Å². The lowest BCUT2D eigenvalue weighted by Gasteiger charge is -2.38. The monoisotopic (exact) mass is 565 g/mol. The van der Waals surface area contributed by atoms with Crippen molar-refractivity contribution in [2.24, 2.45) is 0 Å². The van der Waals surface area contributed by atoms with E-state index < -0.39 is 28.5 Å². The average molecular weight is 567 g/mol. The van der Waals surface area contributed by atoms with Gasteiger partial charge in [-0.3, -0.25) is 14.8 Å². The number of hydroxylamine groups is 1. The van der Waals surface area contributed by atoms with Crippen LogP contribution in [0.3, 0.4) is 0 Å². The molecule has 3 rings (SSSR count). The van der Waals surface area contributed by atoms with Crippen molar-refractivity contribution in [1.29, 1.82) is 0 Å². The molecule has 8 nitrogen and oxygen atoms in total. The molecule has 0 aliphatic carbocycles. The topological polar surface area (TPSA) is 107 Å². The summed E-state index contributed by atoms with van der Waals surface area (Å²) in [5.41, 5.74) is 3.32. The van der Waals surface area contributed by atoms with Gasteiger partial charge in [-0.1, -0.05) is 79.2 Å². The largest absolute Gasteiger partial charge is 0.339 e. The van der Waals surface area contributed by atoms with Crippen molar-refractivity contribution in [3.63, 3.8) is 0 Å². The molecule has 1 aliphatic heterocycles. The van der Waals surface area contributed by atoms with Crippen LogP contribution < -0.4 is 5.48 Å². The van der Waals surface area contributed by atoms with E-state index in [-0.39, 0.29) is 17.3 Å². The van der Waals surface area contributed by atoms with E-state index in [1.165, 1.54) is 23.5 Å². The van der Waals surface area contributed by atoms with E-state index in [9.17, 15) is 23.2 Å². The van der Waals surface area contributed by atoms with E-state index in [1.54, 1.807) is 17.6 Å². The van der Waals surface area contributed by atoms with E-state index in [2.05, 4.69) is 22.9 Å². The van der Waals surface area contributed by atoms with Crippen LogP contribution in [0.2, 0.25) is 0 Å². The number of piperazine rings is 1. The summed E-state index contributed by atoms with van der Waals surface area (Å²) in [7, 11) is -4.16. The van der Waals surface area contributed by atoms with Gasteiger partial charge >= 0.3 is 0 Å². The van der Waals surface area contributed by atoms with Gasteiger partial charge in [0.05, 0.1) is 11.4 Å². The summed E-state index contributed by atoms with van der Waals surface area (Å²) >= 11 is 3.39. The second kappa shape index (κ2) is 12.6. The second-order valence-electron chi connectivity index (χ2n) is 8.68. The fourth-order valence-corrected chi connectivity index (χ4v) is 5.97. The van der Waals surface area contributed by atoms with Crippen molar-refractivity contribution in [3.8, 4) is 11.1 Å². The van der Waals surface area contributed by atoms with Gasteiger partial charge in [0.25, 0.3) is 5.91 Å². The van der Waals surface area contributed by atoms with Gasteiger partial charge in [0, 0.05) is 17.6 Å². The molecule has 0 spiro atoms. The maximum Gasteiger partial charge on any atom is 0.263 e. The number of carbonyl (C=O) groups excluding carboxylic acids is 2. The van der Waals surface area contributed by atoms with Crippen molar-refractivity contribution < 1.29 is 23.2 Å². The number of rotatable bonds is 11. The van der Waals surface area contributed by atoms with Crippen LogP contribution in [0.4, 0.5) is 0 Å². The van der Waals surface area contributed by atoms with Crippen molar-refractivity contribution >= 4 is 37.8 Å². The van der Waals surface area contributed by atoms with Gasteiger partial charge in [-0.15, -0.1) is 0 Å². The summed E-state index contributed by atoms with van der Waals surface area (Å²) in [5, 5.41) is 9.24. The molecule has 10 heteroatoms. The number of hydrogen-bond donors (Lipinski definition) is 2. The molecule has 2 aromatic rings. The van der Waals surface area contributed by atoms with E-state index in [4.69, 9.17) is 0 Å². The maximum absolute atomic E-state index is 13.4. The van der Waals surface area contributed by atoms with Crippen molar-refractivity contribution in [2.45, 2.75) is 56.4 Å². The van der Waals surface area contributed by atoms with Crippen molar-refractivity contribution in [1.82, 2.24) is 14.7 Å².